The molecule has 0 bridgehead atoms. The number of aliphatic hydroxyl groups is 2. The Morgan fingerprint density at radius 2 is 1.81 bits per heavy atom. The maximum atomic E-state index is 9.68. The van der Waals surface area contributed by atoms with E-state index in [-0.39, 0.29) is 12.7 Å². The molecule has 1 heterocycles. The summed E-state index contributed by atoms with van der Waals surface area (Å²) in [4.78, 5) is 4.49. The maximum Gasteiger partial charge on any atom is 0.0900 e. The molecule has 0 spiro atoms. The molecule has 0 radical (unpaired) electrons. The topological polar surface area (TPSA) is 56.2 Å². The van der Waals surface area contributed by atoms with Crippen LogP contribution in [-0.2, 0) is 4.74 Å². The van der Waals surface area contributed by atoms with Gasteiger partial charge in [0.15, 0.2) is 0 Å². The van der Waals surface area contributed by atoms with Crippen molar-refractivity contribution in [2.45, 2.75) is 13.0 Å². The van der Waals surface area contributed by atoms with Crippen LogP contribution in [0.1, 0.15) is 6.92 Å². The minimum absolute atomic E-state index is 0.229. The van der Waals surface area contributed by atoms with Gasteiger partial charge >= 0.3 is 0 Å². The van der Waals surface area contributed by atoms with Gasteiger partial charge in [-0.15, -0.1) is 0 Å². The van der Waals surface area contributed by atoms with Crippen molar-refractivity contribution < 1.29 is 14.9 Å². The van der Waals surface area contributed by atoms with Crippen LogP contribution in [0.2, 0.25) is 0 Å². The van der Waals surface area contributed by atoms with Crippen molar-refractivity contribution >= 4 is 0 Å². The fraction of sp³-hybridized carbons (Fsp3) is 1.00. The molecule has 5 nitrogen and oxygen atoms in total. The monoisotopic (exact) mass is 232 g/mol. The van der Waals surface area contributed by atoms with Crippen LogP contribution in [0.25, 0.3) is 0 Å². The minimum Gasteiger partial charge on any atom is -0.395 e. The van der Waals surface area contributed by atoms with Crippen LogP contribution in [0.5, 0.6) is 0 Å². The second-order valence-corrected chi connectivity index (χ2v) is 4.18. The molecule has 1 fully saturated rings. The normalized spacial score (nSPS) is 21.2. The summed E-state index contributed by atoms with van der Waals surface area (Å²) in [7, 11) is 0. The fourth-order valence-corrected chi connectivity index (χ4v) is 1.94. The van der Waals surface area contributed by atoms with E-state index in [4.69, 9.17) is 9.84 Å². The molecule has 16 heavy (non-hydrogen) atoms. The van der Waals surface area contributed by atoms with E-state index in [9.17, 15) is 5.11 Å². The summed E-state index contributed by atoms with van der Waals surface area (Å²) in [6.45, 7) is 8.56. The summed E-state index contributed by atoms with van der Waals surface area (Å²) in [5, 5.41) is 18.5. The van der Waals surface area contributed by atoms with Gasteiger partial charge in [-0.25, -0.2) is 0 Å². The number of hydrogen-bond acceptors (Lipinski definition) is 5. The number of hydrogen-bond donors (Lipinski definition) is 2. The Balaban J connectivity index is 2.11. The first-order valence-corrected chi connectivity index (χ1v) is 6.07. The molecule has 1 saturated heterocycles. The van der Waals surface area contributed by atoms with Crippen molar-refractivity contribution in [2.75, 3.05) is 59.1 Å². The molecular formula is C11H24N2O3. The summed E-state index contributed by atoms with van der Waals surface area (Å²) in [5.74, 6) is 0. The highest BCUT2D eigenvalue weighted by Crippen LogP contribution is 2.02. The molecule has 1 aliphatic rings. The van der Waals surface area contributed by atoms with Gasteiger partial charge in [0.1, 0.15) is 0 Å². The van der Waals surface area contributed by atoms with Gasteiger partial charge in [-0.2, -0.15) is 0 Å². The summed E-state index contributed by atoms with van der Waals surface area (Å²) >= 11 is 0. The molecular weight excluding hydrogens is 208 g/mol. The predicted octanol–water partition coefficient (Wildman–Crippen LogP) is -1.01. The second-order valence-electron chi connectivity index (χ2n) is 4.18. The lowest BCUT2D eigenvalue weighted by atomic mass is 10.2. The average molecular weight is 232 g/mol. The van der Waals surface area contributed by atoms with E-state index in [1.807, 2.05) is 6.92 Å². The molecule has 0 amide bonds. The lowest BCUT2D eigenvalue weighted by molar-refractivity contribution is 0.00962. The lowest BCUT2D eigenvalue weighted by Gasteiger charge is -2.35. The molecule has 0 saturated carbocycles. The molecule has 0 aromatic rings. The van der Waals surface area contributed by atoms with Gasteiger partial charge in [0.2, 0.25) is 0 Å². The number of rotatable bonds is 7. The first kappa shape index (κ1) is 13.9. The predicted molar refractivity (Wildman–Crippen MR) is 62.5 cm³/mol. The van der Waals surface area contributed by atoms with Crippen LogP contribution >= 0.6 is 0 Å². The molecule has 1 aliphatic heterocycles. The lowest BCUT2D eigenvalue weighted by Crippen LogP contribution is -2.49. The first-order valence-electron chi connectivity index (χ1n) is 6.07. The second kappa shape index (κ2) is 7.97. The van der Waals surface area contributed by atoms with E-state index in [2.05, 4.69) is 9.80 Å². The molecule has 1 rings (SSSR count). The van der Waals surface area contributed by atoms with Gasteiger partial charge in [-0.05, 0) is 6.92 Å². The van der Waals surface area contributed by atoms with Gasteiger partial charge in [0.25, 0.3) is 0 Å². The number of nitrogens with zero attached hydrogens (tertiary/aromatic N) is 2. The smallest absolute Gasteiger partial charge is 0.0900 e. The summed E-state index contributed by atoms with van der Waals surface area (Å²) in [5.41, 5.74) is 0. The van der Waals surface area contributed by atoms with Crippen LogP contribution in [-0.4, -0.2) is 85.2 Å². The van der Waals surface area contributed by atoms with Crippen molar-refractivity contribution in [2.24, 2.45) is 0 Å². The Hall–Kier alpha value is -0.200. The molecule has 5 heteroatoms. The fourth-order valence-electron chi connectivity index (χ4n) is 1.94. The highest BCUT2D eigenvalue weighted by Gasteiger charge is 2.18. The van der Waals surface area contributed by atoms with Gasteiger partial charge in [-0.1, -0.05) is 0 Å². The average Bonchev–Trinajstić information content (AvgIpc) is 2.29. The standard InChI is InChI=1S/C11H24N2O3/c1-2-16-10-11(15)9-13-5-3-12(4-6-13)7-8-14/h11,14-15H,2-10H2,1H3. The third kappa shape index (κ3) is 5.23. The van der Waals surface area contributed by atoms with Crippen LogP contribution in [0.15, 0.2) is 0 Å². The zero-order chi connectivity index (χ0) is 11.8. The number of β-amino-alcohol motifs (C(OH)–C–C–N with tert-alkyl or cyclic N) is 2. The molecule has 2 N–H and O–H groups in total. The van der Waals surface area contributed by atoms with Crippen LogP contribution in [0.4, 0.5) is 0 Å². The van der Waals surface area contributed by atoms with Crippen molar-refractivity contribution in [1.29, 1.82) is 0 Å². The molecule has 0 aromatic heterocycles. The van der Waals surface area contributed by atoms with E-state index >= 15 is 0 Å². The summed E-state index contributed by atoms with van der Waals surface area (Å²) < 4.78 is 5.18. The zero-order valence-electron chi connectivity index (χ0n) is 10.1. The van der Waals surface area contributed by atoms with Crippen molar-refractivity contribution in [3.8, 4) is 0 Å². The van der Waals surface area contributed by atoms with Crippen LogP contribution in [0, 0.1) is 0 Å². The molecule has 0 aromatic carbocycles. The molecule has 1 unspecified atom stereocenters. The first-order chi connectivity index (χ1) is 7.76. The maximum absolute atomic E-state index is 9.68. The van der Waals surface area contributed by atoms with E-state index < -0.39 is 0 Å². The van der Waals surface area contributed by atoms with E-state index in [0.717, 1.165) is 32.7 Å². The Kier molecular flexibility index (Phi) is 6.91. The van der Waals surface area contributed by atoms with Gasteiger partial charge in [-0.3, -0.25) is 9.80 Å². The van der Waals surface area contributed by atoms with Gasteiger partial charge < -0.3 is 14.9 Å². The Labute approximate surface area is 97.6 Å². The molecule has 96 valence electrons. The van der Waals surface area contributed by atoms with E-state index in [1.165, 1.54) is 0 Å². The summed E-state index contributed by atoms with van der Waals surface area (Å²) in [6, 6.07) is 0. The number of piperazine rings is 1. The molecule has 0 aliphatic carbocycles. The van der Waals surface area contributed by atoms with Crippen molar-refractivity contribution in [3.63, 3.8) is 0 Å². The highest BCUT2D eigenvalue weighted by molar-refractivity contribution is 4.73. The summed E-state index contributed by atoms with van der Waals surface area (Å²) in [6.07, 6.45) is -0.385. The van der Waals surface area contributed by atoms with Crippen molar-refractivity contribution in [1.82, 2.24) is 9.80 Å². The number of ether oxygens (including phenoxy) is 1. The number of aliphatic hydroxyl groups excluding tert-OH is 2. The van der Waals surface area contributed by atoms with Crippen LogP contribution in [0.3, 0.4) is 0 Å². The Morgan fingerprint density at radius 3 is 2.38 bits per heavy atom. The zero-order valence-corrected chi connectivity index (χ0v) is 10.1. The third-order valence-corrected chi connectivity index (χ3v) is 2.86. The Morgan fingerprint density at radius 1 is 1.19 bits per heavy atom. The SMILES string of the molecule is CCOCC(O)CN1CCN(CCO)CC1. The van der Waals surface area contributed by atoms with Crippen molar-refractivity contribution in [3.05, 3.63) is 0 Å². The molecule has 1 atom stereocenters. The Bertz CT molecular complexity index is 173. The largest absolute Gasteiger partial charge is 0.395 e. The van der Waals surface area contributed by atoms with E-state index in [0.29, 0.717) is 19.8 Å². The van der Waals surface area contributed by atoms with E-state index in [1.54, 1.807) is 0 Å². The van der Waals surface area contributed by atoms with Crippen LogP contribution < -0.4 is 0 Å². The third-order valence-electron chi connectivity index (χ3n) is 2.86. The van der Waals surface area contributed by atoms with Gasteiger partial charge in [0.05, 0.1) is 19.3 Å². The quantitative estimate of drug-likeness (QED) is 0.589. The van der Waals surface area contributed by atoms with Gasteiger partial charge in [0, 0.05) is 45.9 Å². The minimum atomic E-state index is -0.385. The highest BCUT2D eigenvalue weighted by atomic mass is 16.5.